The molecule has 0 spiro atoms. The van der Waals surface area contributed by atoms with E-state index in [1.807, 2.05) is 19.1 Å². The smallest absolute Gasteiger partial charge is 0.243 e. The van der Waals surface area contributed by atoms with Crippen LogP contribution in [0.2, 0.25) is 0 Å². The molecule has 1 unspecified atom stereocenters. The zero-order chi connectivity index (χ0) is 25.3. The Kier molecular flexibility index (Phi) is 13.8. The van der Waals surface area contributed by atoms with Gasteiger partial charge >= 0.3 is 0 Å². The van der Waals surface area contributed by atoms with Crippen LogP contribution in [-0.2, 0) is 29.1 Å². The Labute approximate surface area is 218 Å². The van der Waals surface area contributed by atoms with Gasteiger partial charge < -0.3 is 16.0 Å². The summed E-state index contributed by atoms with van der Waals surface area (Å²) >= 11 is 5.27. The summed E-state index contributed by atoms with van der Waals surface area (Å²) in [5.74, 6) is -0.0673. The molecular weight excluding hydrogens is 476 g/mol. The summed E-state index contributed by atoms with van der Waals surface area (Å²) in [5.41, 5.74) is 8.27. The minimum absolute atomic E-state index is 0.0673. The van der Waals surface area contributed by atoms with E-state index in [2.05, 4.69) is 83.5 Å². The predicted octanol–water partition coefficient (Wildman–Crippen LogP) is 4.16. The van der Waals surface area contributed by atoms with Crippen LogP contribution in [0.4, 0.5) is 0 Å². The first-order chi connectivity index (χ1) is 17.1. The summed E-state index contributed by atoms with van der Waals surface area (Å²) in [6.45, 7) is 4.64. The van der Waals surface area contributed by atoms with Crippen molar-refractivity contribution in [2.75, 3.05) is 13.1 Å². The number of nitrogens with one attached hydrogen (secondary N) is 2. The van der Waals surface area contributed by atoms with Crippen LogP contribution >= 0.6 is 24.2 Å². The standard InChI is InChI=1S/C13H12.C12H17N3O2S.C2H7NS/c1-3-7-12(8-4-1)11-13-9-5-2-6-10-13;13-6-9-3-4-10(18-9)7-14-12(17)11-2-1-5-15(11)8-16;1-2-3-4/h1-10H,11H2;3-4,8,11H,1-2,5-7,13H2,(H,14,17);3-4H,2H2,1H3. The van der Waals surface area contributed by atoms with Crippen molar-refractivity contribution in [2.24, 2.45) is 5.73 Å². The number of thiol groups is 1. The average molecular weight is 513 g/mol. The highest BCUT2D eigenvalue weighted by atomic mass is 32.1. The summed E-state index contributed by atoms with van der Waals surface area (Å²) in [4.78, 5) is 26.5. The molecule has 1 aliphatic heterocycles. The van der Waals surface area contributed by atoms with Gasteiger partial charge in [0.15, 0.2) is 0 Å². The third-order valence-corrected chi connectivity index (χ3v) is 6.76. The van der Waals surface area contributed by atoms with Gasteiger partial charge in [0.05, 0.1) is 6.54 Å². The van der Waals surface area contributed by atoms with Gasteiger partial charge in [-0.25, -0.2) is 0 Å². The lowest BCUT2D eigenvalue weighted by atomic mass is 10.1. The fourth-order valence-electron chi connectivity index (χ4n) is 3.54. The van der Waals surface area contributed by atoms with E-state index >= 15 is 0 Å². The van der Waals surface area contributed by atoms with Gasteiger partial charge in [0, 0.05) is 29.4 Å². The highest BCUT2D eigenvalue weighted by molar-refractivity contribution is 7.78. The molecule has 1 saturated heterocycles. The number of nitrogens with zero attached hydrogens (tertiary/aromatic N) is 1. The van der Waals surface area contributed by atoms with E-state index in [0.29, 0.717) is 19.6 Å². The predicted molar refractivity (Wildman–Crippen MR) is 148 cm³/mol. The van der Waals surface area contributed by atoms with Gasteiger partial charge in [0.1, 0.15) is 6.04 Å². The maximum absolute atomic E-state index is 11.9. The number of rotatable bonds is 8. The molecule has 1 aliphatic rings. The second-order valence-corrected chi connectivity index (χ2v) is 9.52. The van der Waals surface area contributed by atoms with Crippen LogP contribution in [0.3, 0.4) is 0 Å². The summed E-state index contributed by atoms with van der Waals surface area (Å²) in [5, 5.41) is 2.87. The molecule has 3 aromatic rings. The Morgan fingerprint density at radius 1 is 1.06 bits per heavy atom. The Bertz CT molecular complexity index is 944. The quantitative estimate of drug-likeness (QED) is 0.270. The van der Waals surface area contributed by atoms with E-state index in [1.165, 1.54) is 11.1 Å². The molecule has 6 nitrogen and oxygen atoms in total. The van der Waals surface area contributed by atoms with Crippen LogP contribution in [0.15, 0.2) is 72.8 Å². The minimum Gasteiger partial charge on any atom is -0.349 e. The van der Waals surface area contributed by atoms with Gasteiger partial charge in [0.2, 0.25) is 12.3 Å². The van der Waals surface area contributed by atoms with E-state index < -0.39 is 0 Å². The molecular formula is C27H36N4O2S2. The fraction of sp³-hybridized carbons (Fsp3) is 0.333. The van der Waals surface area contributed by atoms with E-state index in [1.54, 1.807) is 16.2 Å². The van der Waals surface area contributed by atoms with Crippen LogP contribution in [0.1, 0.15) is 40.6 Å². The zero-order valence-electron chi connectivity index (χ0n) is 20.2. The molecule has 2 amide bonds. The normalized spacial score (nSPS) is 14.3. The molecule has 2 aromatic carbocycles. The number of nitrogens with two attached hydrogens (primary N) is 1. The van der Waals surface area contributed by atoms with E-state index in [4.69, 9.17) is 5.73 Å². The fourth-order valence-corrected chi connectivity index (χ4v) is 4.38. The Morgan fingerprint density at radius 2 is 1.63 bits per heavy atom. The summed E-state index contributed by atoms with van der Waals surface area (Å²) in [6.07, 6.45) is 3.44. The van der Waals surface area contributed by atoms with Crippen LogP contribution in [0.5, 0.6) is 0 Å². The third kappa shape index (κ3) is 10.7. The first-order valence-electron chi connectivity index (χ1n) is 11.8. The summed E-state index contributed by atoms with van der Waals surface area (Å²) < 4.78 is 2.62. The van der Waals surface area contributed by atoms with Crippen molar-refractivity contribution >= 4 is 36.5 Å². The van der Waals surface area contributed by atoms with Gasteiger partial charge in [-0.05, 0) is 42.5 Å². The molecule has 35 heavy (non-hydrogen) atoms. The molecule has 1 aromatic heterocycles. The maximum atomic E-state index is 11.9. The first-order valence-corrected chi connectivity index (χ1v) is 13.1. The molecule has 4 rings (SSSR count). The van der Waals surface area contributed by atoms with Gasteiger partial charge in [-0.2, -0.15) is 0 Å². The number of carbonyl (C=O) groups excluding carboxylic acids is 2. The molecule has 0 aliphatic carbocycles. The zero-order valence-corrected chi connectivity index (χ0v) is 21.9. The van der Waals surface area contributed by atoms with Gasteiger partial charge in [-0.1, -0.05) is 80.4 Å². The van der Waals surface area contributed by atoms with Crippen LogP contribution in [-0.4, -0.2) is 36.3 Å². The van der Waals surface area contributed by atoms with Gasteiger partial charge in [-0.3, -0.25) is 14.3 Å². The molecule has 0 radical (unpaired) electrons. The highest BCUT2D eigenvalue weighted by Gasteiger charge is 2.29. The number of hydrogen-bond acceptors (Lipinski definition) is 6. The van der Waals surface area contributed by atoms with E-state index in [0.717, 1.165) is 42.0 Å². The molecule has 1 atom stereocenters. The minimum atomic E-state index is -0.295. The number of amides is 2. The van der Waals surface area contributed by atoms with Crippen molar-refractivity contribution in [3.63, 3.8) is 0 Å². The van der Waals surface area contributed by atoms with Gasteiger partial charge in [0.25, 0.3) is 0 Å². The van der Waals surface area contributed by atoms with Crippen molar-refractivity contribution in [1.29, 1.82) is 0 Å². The molecule has 188 valence electrons. The molecule has 2 heterocycles. The summed E-state index contributed by atoms with van der Waals surface area (Å²) in [7, 11) is 0. The molecule has 0 bridgehead atoms. The first kappa shape index (κ1) is 28.6. The Hall–Kier alpha value is -2.65. The monoisotopic (exact) mass is 512 g/mol. The highest BCUT2D eigenvalue weighted by Crippen LogP contribution is 2.17. The molecule has 0 saturated carbocycles. The Morgan fingerprint density at radius 3 is 2.11 bits per heavy atom. The topological polar surface area (TPSA) is 87.5 Å². The number of thiophene rings is 1. The Balaban J connectivity index is 0.000000222. The lowest BCUT2D eigenvalue weighted by Gasteiger charge is -2.18. The van der Waals surface area contributed by atoms with Crippen molar-refractivity contribution < 1.29 is 9.59 Å². The number of carbonyl (C=O) groups is 2. The lowest BCUT2D eigenvalue weighted by molar-refractivity contribution is -0.131. The van der Waals surface area contributed by atoms with Gasteiger partial charge in [-0.15, -0.1) is 11.3 Å². The number of benzene rings is 2. The number of hydrogen-bond donors (Lipinski definition) is 4. The third-order valence-electron chi connectivity index (χ3n) is 5.34. The average Bonchev–Trinajstić information content (AvgIpc) is 3.58. The second kappa shape index (κ2) is 16.9. The van der Waals surface area contributed by atoms with Crippen molar-refractivity contribution in [2.45, 2.75) is 45.3 Å². The van der Waals surface area contributed by atoms with Crippen LogP contribution < -0.4 is 15.8 Å². The number of likely N-dealkylation sites (tertiary alicyclic amines) is 1. The maximum Gasteiger partial charge on any atom is 0.243 e. The van der Waals surface area contributed by atoms with Crippen molar-refractivity contribution in [1.82, 2.24) is 14.9 Å². The molecule has 4 N–H and O–H groups in total. The van der Waals surface area contributed by atoms with Crippen LogP contribution in [0.25, 0.3) is 0 Å². The van der Waals surface area contributed by atoms with E-state index in [-0.39, 0.29) is 11.9 Å². The summed E-state index contributed by atoms with van der Waals surface area (Å²) in [6, 6.07) is 24.7. The lowest BCUT2D eigenvalue weighted by Crippen LogP contribution is -2.42. The molecule has 8 heteroatoms. The van der Waals surface area contributed by atoms with Crippen LogP contribution in [0, 0.1) is 0 Å². The second-order valence-electron chi connectivity index (χ2n) is 7.95. The van der Waals surface area contributed by atoms with E-state index in [9.17, 15) is 9.59 Å². The molecule has 1 fully saturated rings. The van der Waals surface area contributed by atoms with Crippen molar-refractivity contribution in [3.05, 3.63) is 93.7 Å². The largest absolute Gasteiger partial charge is 0.349 e. The SMILES string of the molecule is CCNS.NCc1ccc(CNC(=O)C2CCCN2C=O)s1.c1ccc(Cc2ccccc2)cc1. The van der Waals surface area contributed by atoms with Crippen molar-refractivity contribution in [3.8, 4) is 0 Å².